The lowest BCUT2D eigenvalue weighted by Crippen LogP contribution is -2.46. The Hall–Kier alpha value is -2.18. The van der Waals surface area contributed by atoms with Gasteiger partial charge in [-0.25, -0.2) is 0 Å². The Morgan fingerprint density at radius 3 is 2.50 bits per heavy atom. The highest BCUT2D eigenvalue weighted by molar-refractivity contribution is 5.96. The van der Waals surface area contributed by atoms with Crippen LogP contribution in [0.15, 0.2) is 30.3 Å². The molecule has 0 bridgehead atoms. The number of morpholine rings is 1. The number of allylic oxidation sites excluding steroid dienone is 1. The number of likely N-dealkylation sites (tertiary alicyclic amines) is 1. The van der Waals surface area contributed by atoms with Crippen LogP contribution in [0.4, 0.5) is 0 Å². The normalized spacial score (nSPS) is 19.8. The first kappa shape index (κ1) is 18.6. The molecule has 2 saturated heterocycles. The summed E-state index contributed by atoms with van der Waals surface area (Å²) in [6.07, 6.45) is 6.02. The zero-order chi connectivity index (χ0) is 18.4. The average molecular weight is 357 g/mol. The summed E-state index contributed by atoms with van der Waals surface area (Å²) in [5, 5.41) is 0. The van der Waals surface area contributed by atoms with E-state index >= 15 is 0 Å². The second-order valence-electron chi connectivity index (χ2n) is 6.92. The highest BCUT2D eigenvalue weighted by Gasteiger charge is 2.23. The second-order valence-corrected chi connectivity index (χ2v) is 6.92. The van der Waals surface area contributed by atoms with E-state index in [2.05, 4.69) is 11.0 Å². The zero-order valence-electron chi connectivity index (χ0n) is 15.1. The van der Waals surface area contributed by atoms with Crippen LogP contribution in [-0.4, -0.2) is 67.6 Å². The molecule has 2 fully saturated rings. The first-order valence-electron chi connectivity index (χ1n) is 9.28. The van der Waals surface area contributed by atoms with E-state index in [0.717, 1.165) is 44.6 Å². The Balaban J connectivity index is 1.49. The van der Waals surface area contributed by atoms with Gasteiger partial charge in [-0.05, 0) is 30.4 Å². The standard InChI is InChI=1S/C20H27N3O3/c21-20(25)18-4-2-1-3-17(18)6-5-16-7-9-23(10-8-16)19(24)15-22-11-13-26-14-12-22/h1-6,16H,7-15H2,(H2,21,25)/b6-5+. The number of hydrogen-bond acceptors (Lipinski definition) is 4. The van der Waals surface area contributed by atoms with Gasteiger partial charge in [-0.15, -0.1) is 0 Å². The molecule has 3 rings (SSSR count). The van der Waals surface area contributed by atoms with Crippen molar-refractivity contribution in [3.05, 3.63) is 41.5 Å². The number of primary amides is 1. The highest BCUT2D eigenvalue weighted by Crippen LogP contribution is 2.21. The molecule has 2 heterocycles. The molecule has 6 nitrogen and oxygen atoms in total. The van der Waals surface area contributed by atoms with Gasteiger partial charge in [0.1, 0.15) is 0 Å². The van der Waals surface area contributed by atoms with Gasteiger partial charge in [0.2, 0.25) is 11.8 Å². The Morgan fingerprint density at radius 1 is 1.12 bits per heavy atom. The maximum atomic E-state index is 12.4. The molecule has 2 N–H and O–H groups in total. The first-order valence-corrected chi connectivity index (χ1v) is 9.28. The van der Waals surface area contributed by atoms with E-state index in [1.807, 2.05) is 29.2 Å². The van der Waals surface area contributed by atoms with E-state index < -0.39 is 5.91 Å². The van der Waals surface area contributed by atoms with Gasteiger partial charge in [-0.3, -0.25) is 14.5 Å². The number of nitrogens with zero attached hydrogens (tertiary/aromatic N) is 2. The molecule has 140 valence electrons. The van der Waals surface area contributed by atoms with Crippen LogP contribution in [0.25, 0.3) is 6.08 Å². The van der Waals surface area contributed by atoms with Gasteiger partial charge in [0, 0.05) is 31.7 Å². The molecular formula is C20H27N3O3. The maximum absolute atomic E-state index is 12.4. The van der Waals surface area contributed by atoms with E-state index in [9.17, 15) is 9.59 Å². The Labute approximate surface area is 154 Å². The van der Waals surface area contributed by atoms with Crippen molar-refractivity contribution < 1.29 is 14.3 Å². The quantitative estimate of drug-likeness (QED) is 0.864. The summed E-state index contributed by atoms with van der Waals surface area (Å²) in [4.78, 5) is 28.1. The number of carbonyl (C=O) groups excluding carboxylic acids is 2. The van der Waals surface area contributed by atoms with Crippen LogP contribution in [0.3, 0.4) is 0 Å². The number of benzene rings is 1. The number of ether oxygens (including phenoxy) is 1. The van der Waals surface area contributed by atoms with E-state index in [0.29, 0.717) is 31.2 Å². The van der Waals surface area contributed by atoms with Gasteiger partial charge in [0.15, 0.2) is 0 Å². The van der Waals surface area contributed by atoms with Crippen LogP contribution < -0.4 is 5.73 Å². The summed E-state index contributed by atoms with van der Waals surface area (Å²) in [7, 11) is 0. The summed E-state index contributed by atoms with van der Waals surface area (Å²) in [6, 6.07) is 7.36. The van der Waals surface area contributed by atoms with Gasteiger partial charge < -0.3 is 15.4 Å². The second kappa shape index (κ2) is 8.96. The van der Waals surface area contributed by atoms with Crippen molar-refractivity contribution in [2.24, 2.45) is 11.7 Å². The third-order valence-electron chi connectivity index (χ3n) is 5.13. The van der Waals surface area contributed by atoms with E-state index in [1.165, 1.54) is 0 Å². The minimum atomic E-state index is -0.409. The predicted molar refractivity (Wildman–Crippen MR) is 101 cm³/mol. The van der Waals surface area contributed by atoms with Crippen LogP contribution in [0.2, 0.25) is 0 Å². The fourth-order valence-electron chi connectivity index (χ4n) is 3.50. The Kier molecular flexibility index (Phi) is 6.41. The van der Waals surface area contributed by atoms with E-state index in [1.54, 1.807) is 6.07 Å². The summed E-state index contributed by atoms with van der Waals surface area (Å²) in [5.41, 5.74) is 6.82. The molecule has 6 heteroatoms. The SMILES string of the molecule is NC(=O)c1ccccc1/C=C/C1CCN(C(=O)CN2CCOCC2)CC1. The minimum Gasteiger partial charge on any atom is -0.379 e. The molecule has 0 spiro atoms. The van der Waals surface area contributed by atoms with Gasteiger partial charge in [0.25, 0.3) is 0 Å². The lowest BCUT2D eigenvalue weighted by molar-refractivity contribution is -0.134. The summed E-state index contributed by atoms with van der Waals surface area (Å²) in [5.74, 6) is 0.227. The van der Waals surface area contributed by atoms with Crippen molar-refractivity contribution in [1.82, 2.24) is 9.80 Å². The van der Waals surface area contributed by atoms with Crippen molar-refractivity contribution in [1.29, 1.82) is 0 Å². The lowest BCUT2D eigenvalue weighted by Gasteiger charge is -2.33. The highest BCUT2D eigenvalue weighted by atomic mass is 16.5. The molecular weight excluding hydrogens is 330 g/mol. The monoisotopic (exact) mass is 357 g/mol. The lowest BCUT2D eigenvalue weighted by atomic mass is 9.95. The third kappa shape index (κ3) is 4.93. The van der Waals surface area contributed by atoms with Crippen molar-refractivity contribution in [3.63, 3.8) is 0 Å². The number of hydrogen-bond donors (Lipinski definition) is 1. The topological polar surface area (TPSA) is 75.9 Å². The fraction of sp³-hybridized carbons (Fsp3) is 0.500. The first-order chi connectivity index (χ1) is 12.6. The average Bonchev–Trinajstić information content (AvgIpc) is 2.67. The van der Waals surface area contributed by atoms with E-state index in [-0.39, 0.29) is 5.91 Å². The van der Waals surface area contributed by atoms with Crippen LogP contribution in [-0.2, 0) is 9.53 Å². The molecule has 1 aromatic rings. The van der Waals surface area contributed by atoms with E-state index in [4.69, 9.17) is 10.5 Å². The summed E-state index contributed by atoms with van der Waals surface area (Å²) >= 11 is 0. The van der Waals surface area contributed by atoms with Gasteiger partial charge in [-0.2, -0.15) is 0 Å². The maximum Gasteiger partial charge on any atom is 0.249 e. The Morgan fingerprint density at radius 2 is 1.81 bits per heavy atom. The molecule has 0 saturated carbocycles. The molecule has 1 aromatic carbocycles. The van der Waals surface area contributed by atoms with Gasteiger partial charge in [0.05, 0.1) is 19.8 Å². The van der Waals surface area contributed by atoms with Gasteiger partial charge in [-0.1, -0.05) is 30.4 Å². The fourth-order valence-corrected chi connectivity index (χ4v) is 3.50. The van der Waals surface area contributed by atoms with Crippen LogP contribution >= 0.6 is 0 Å². The summed E-state index contributed by atoms with van der Waals surface area (Å²) in [6.45, 7) is 5.18. The molecule has 0 aromatic heterocycles. The van der Waals surface area contributed by atoms with Crippen molar-refractivity contribution in [2.45, 2.75) is 12.8 Å². The molecule has 26 heavy (non-hydrogen) atoms. The Bertz CT molecular complexity index is 660. The van der Waals surface area contributed by atoms with Crippen molar-refractivity contribution in [2.75, 3.05) is 45.9 Å². The predicted octanol–water partition coefficient (Wildman–Crippen LogP) is 1.37. The van der Waals surface area contributed by atoms with Crippen LogP contribution in [0, 0.1) is 5.92 Å². The molecule has 0 aliphatic carbocycles. The number of nitrogens with two attached hydrogens (primary N) is 1. The minimum absolute atomic E-state index is 0.216. The number of carbonyl (C=O) groups is 2. The van der Waals surface area contributed by atoms with Crippen LogP contribution in [0.5, 0.6) is 0 Å². The van der Waals surface area contributed by atoms with Gasteiger partial charge >= 0.3 is 0 Å². The smallest absolute Gasteiger partial charge is 0.249 e. The molecule has 0 unspecified atom stereocenters. The molecule has 0 atom stereocenters. The van der Waals surface area contributed by atoms with Crippen LogP contribution in [0.1, 0.15) is 28.8 Å². The largest absolute Gasteiger partial charge is 0.379 e. The number of amides is 2. The summed E-state index contributed by atoms with van der Waals surface area (Å²) < 4.78 is 5.32. The third-order valence-corrected chi connectivity index (χ3v) is 5.13. The number of rotatable bonds is 5. The molecule has 2 aliphatic heterocycles. The van der Waals surface area contributed by atoms with Crippen molar-refractivity contribution in [3.8, 4) is 0 Å². The number of piperidine rings is 1. The zero-order valence-corrected chi connectivity index (χ0v) is 15.1. The molecule has 0 radical (unpaired) electrons. The molecule has 2 aliphatic rings. The molecule has 2 amide bonds. The van der Waals surface area contributed by atoms with Crippen molar-refractivity contribution >= 4 is 17.9 Å².